The van der Waals surface area contributed by atoms with Crippen molar-refractivity contribution in [2.75, 3.05) is 19.0 Å². The van der Waals surface area contributed by atoms with Gasteiger partial charge in [0.25, 0.3) is 0 Å². The number of aliphatic hydroxyl groups is 1. The van der Waals surface area contributed by atoms with Gasteiger partial charge in [0.2, 0.25) is 5.91 Å². The molecule has 4 heteroatoms. The molecule has 0 saturated heterocycles. The highest BCUT2D eigenvalue weighted by molar-refractivity contribution is 6.27. The van der Waals surface area contributed by atoms with E-state index in [4.69, 9.17) is 11.6 Å². The number of nitrogens with zero attached hydrogens (tertiary/aromatic N) is 1. The van der Waals surface area contributed by atoms with Crippen molar-refractivity contribution in [3.8, 4) is 0 Å². The van der Waals surface area contributed by atoms with Crippen molar-refractivity contribution in [2.45, 2.75) is 12.5 Å². The van der Waals surface area contributed by atoms with Crippen LogP contribution in [-0.4, -0.2) is 34.9 Å². The molecule has 1 amide bonds. The van der Waals surface area contributed by atoms with Gasteiger partial charge in [-0.1, -0.05) is 24.3 Å². The third-order valence-corrected chi connectivity index (χ3v) is 3.15. The molecule has 0 fully saturated rings. The quantitative estimate of drug-likeness (QED) is 0.752. The Kier molecular flexibility index (Phi) is 3.46. The monoisotopic (exact) mass is 239 g/mol. The largest absolute Gasteiger partial charge is 0.387 e. The number of hydrogen-bond acceptors (Lipinski definition) is 2. The number of fused-ring (bicyclic) bond motifs is 1. The average Bonchev–Trinajstić information content (AvgIpc) is 2.49. The summed E-state index contributed by atoms with van der Waals surface area (Å²) in [6, 6.07) is 7.76. The van der Waals surface area contributed by atoms with Crippen molar-refractivity contribution in [3.05, 3.63) is 35.4 Å². The fourth-order valence-electron chi connectivity index (χ4n) is 2.05. The van der Waals surface area contributed by atoms with Gasteiger partial charge in [0, 0.05) is 6.54 Å². The number of hydrogen-bond donors (Lipinski definition) is 1. The lowest BCUT2D eigenvalue weighted by Crippen LogP contribution is -2.35. The lowest BCUT2D eigenvalue weighted by Gasteiger charge is -2.21. The van der Waals surface area contributed by atoms with Crippen LogP contribution in [0.1, 0.15) is 17.2 Å². The van der Waals surface area contributed by atoms with E-state index in [1.165, 1.54) is 0 Å². The Bertz CT molecular complexity index is 394. The van der Waals surface area contributed by atoms with E-state index in [0.29, 0.717) is 13.1 Å². The summed E-state index contributed by atoms with van der Waals surface area (Å²) in [6.45, 7) is 0.961. The maximum atomic E-state index is 11.5. The predicted molar refractivity (Wildman–Crippen MR) is 62.4 cm³/mol. The highest BCUT2D eigenvalue weighted by Gasteiger charge is 2.23. The van der Waals surface area contributed by atoms with Crippen LogP contribution in [0.5, 0.6) is 0 Å². The Morgan fingerprint density at radius 3 is 3.00 bits per heavy atom. The van der Waals surface area contributed by atoms with Crippen molar-refractivity contribution < 1.29 is 9.90 Å². The molecule has 2 rings (SSSR count). The van der Waals surface area contributed by atoms with Gasteiger partial charge in [-0.2, -0.15) is 0 Å². The minimum Gasteiger partial charge on any atom is -0.387 e. The van der Waals surface area contributed by atoms with Crippen molar-refractivity contribution in [1.82, 2.24) is 4.90 Å². The van der Waals surface area contributed by atoms with Gasteiger partial charge in [0.15, 0.2) is 0 Å². The molecule has 0 radical (unpaired) electrons. The molecule has 1 N–H and O–H groups in total. The van der Waals surface area contributed by atoms with E-state index < -0.39 is 6.10 Å². The number of halogens is 1. The number of aliphatic hydroxyl groups excluding tert-OH is 1. The molecule has 0 saturated carbocycles. The summed E-state index contributed by atoms with van der Waals surface area (Å²) in [7, 11) is 0. The maximum absolute atomic E-state index is 11.5. The van der Waals surface area contributed by atoms with Gasteiger partial charge < -0.3 is 10.0 Å². The summed E-state index contributed by atoms with van der Waals surface area (Å²) in [5, 5.41) is 10.0. The van der Waals surface area contributed by atoms with Gasteiger partial charge in [-0.25, -0.2) is 0 Å². The number of amides is 1. The number of rotatable bonds is 1. The Morgan fingerprint density at radius 1 is 1.50 bits per heavy atom. The zero-order chi connectivity index (χ0) is 11.5. The first-order valence-corrected chi connectivity index (χ1v) is 5.85. The van der Waals surface area contributed by atoms with Crippen molar-refractivity contribution in [1.29, 1.82) is 0 Å². The lowest BCUT2D eigenvalue weighted by molar-refractivity contribution is -0.129. The molecule has 1 aliphatic heterocycles. The number of benzene rings is 1. The topological polar surface area (TPSA) is 40.5 Å². The van der Waals surface area contributed by atoms with Gasteiger partial charge in [-0.15, -0.1) is 11.6 Å². The van der Waals surface area contributed by atoms with Gasteiger partial charge in [-0.05, 0) is 17.5 Å². The van der Waals surface area contributed by atoms with Gasteiger partial charge in [-0.3, -0.25) is 4.79 Å². The predicted octanol–water partition coefficient (Wildman–Crippen LogP) is 1.34. The summed E-state index contributed by atoms with van der Waals surface area (Å²) in [6.07, 6.45) is 0.168. The van der Waals surface area contributed by atoms with E-state index >= 15 is 0 Å². The fourth-order valence-corrected chi connectivity index (χ4v) is 2.22. The van der Waals surface area contributed by atoms with E-state index in [2.05, 4.69) is 0 Å². The first-order chi connectivity index (χ1) is 7.72. The first-order valence-electron chi connectivity index (χ1n) is 5.32. The molecule has 1 atom stereocenters. The smallest absolute Gasteiger partial charge is 0.237 e. The Hall–Kier alpha value is -1.06. The molecular formula is C12H14ClNO2. The second kappa shape index (κ2) is 4.85. The molecule has 1 aromatic rings. The maximum Gasteiger partial charge on any atom is 0.237 e. The standard InChI is InChI=1S/C12H14ClNO2/c13-7-12(16)14-6-5-9-3-1-2-4-10(9)11(15)8-14/h1-4,11,15H,5-8H2. The number of alkyl halides is 1. The minimum atomic E-state index is -0.606. The molecule has 16 heavy (non-hydrogen) atoms. The van der Waals surface area contributed by atoms with Crippen LogP contribution in [0.3, 0.4) is 0 Å². The molecule has 0 aromatic heterocycles. The number of carbonyl (C=O) groups is 1. The average molecular weight is 240 g/mol. The van der Waals surface area contributed by atoms with E-state index in [9.17, 15) is 9.90 Å². The van der Waals surface area contributed by atoms with Crippen LogP contribution in [0.15, 0.2) is 24.3 Å². The Balaban J connectivity index is 2.22. The van der Waals surface area contributed by atoms with Gasteiger partial charge >= 0.3 is 0 Å². The lowest BCUT2D eigenvalue weighted by atomic mass is 10.0. The molecule has 0 spiro atoms. The van der Waals surface area contributed by atoms with Gasteiger partial charge in [0.05, 0.1) is 12.6 Å². The van der Waals surface area contributed by atoms with E-state index in [1.54, 1.807) is 4.90 Å². The van der Waals surface area contributed by atoms with E-state index in [1.807, 2.05) is 24.3 Å². The van der Waals surface area contributed by atoms with Crippen LogP contribution in [0.25, 0.3) is 0 Å². The molecule has 0 bridgehead atoms. The van der Waals surface area contributed by atoms with Crippen molar-refractivity contribution in [2.24, 2.45) is 0 Å². The Labute approximate surface area is 99.6 Å². The number of carbonyl (C=O) groups excluding carboxylic acids is 1. The van der Waals surface area contributed by atoms with Crippen LogP contribution in [0.4, 0.5) is 0 Å². The zero-order valence-corrected chi connectivity index (χ0v) is 9.65. The molecule has 86 valence electrons. The summed E-state index contributed by atoms with van der Waals surface area (Å²) in [5.41, 5.74) is 2.03. The van der Waals surface area contributed by atoms with E-state index in [-0.39, 0.29) is 11.8 Å². The van der Waals surface area contributed by atoms with Crippen molar-refractivity contribution >= 4 is 17.5 Å². The highest BCUT2D eigenvalue weighted by Crippen LogP contribution is 2.23. The van der Waals surface area contributed by atoms with Crippen molar-refractivity contribution in [3.63, 3.8) is 0 Å². The summed E-state index contributed by atoms with van der Waals surface area (Å²) >= 11 is 5.52. The first kappa shape index (κ1) is 11.4. The SMILES string of the molecule is O=C(CCl)N1CCc2ccccc2C(O)C1. The van der Waals surface area contributed by atoms with E-state index in [0.717, 1.165) is 17.5 Å². The third kappa shape index (κ3) is 2.20. The second-order valence-corrected chi connectivity index (χ2v) is 4.21. The van der Waals surface area contributed by atoms with Crippen LogP contribution >= 0.6 is 11.6 Å². The van der Waals surface area contributed by atoms with Crippen LogP contribution < -0.4 is 0 Å². The summed E-state index contributed by atoms with van der Waals surface area (Å²) < 4.78 is 0. The molecule has 1 heterocycles. The molecule has 1 unspecified atom stereocenters. The summed E-state index contributed by atoms with van der Waals surface area (Å²) in [4.78, 5) is 13.1. The minimum absolute atomic E-state index is 0.0247. The third-order valence-electron chi connectivity index (χ3n) is 2.93. The van der Waals surface area contributed by atoms with Crippen LogP contribution in [0, 0.1) is 0 Å². The molecular weight excluding hydrogens is 226 g/mol. The van der Waals surface area contributed by atoms with Crippen LogP contribution in [0.2, 0.25) is 0 Å². The molecule has 3 nitrogen and oxygen atoms in total. The normalized spacial score (nSPS) is 20.1. The Morgan fingerprint density at radius 2 is 2.25 bits per heavy atom. The molecule has 1 aromatic carbocycles. The zero-order valence-electron chi connectivity index (χ0n) is 8.90. The fraction of sp³-hybridized carbons (Fsp3) is 0.417. The molecule has 1 aliphatic rings. The van der Waals surface area contributed by atoms with Gasteiger partial charge in [0.1, 0.15) is 5.88 Å². The van der Waals surface area contributed by atoms with Crippen LogP contribution in [-0.2, 0) is 11.2 Å². The summed E-state index contributed by atoms with van der Waals surface area (Å²) in [5.74, 6) is -0.142. The molecule has 0 aliphatic carbocycles. The highest BCUT2D eigenvalue weighted by atomic mass is 35.5. The number of β-amino-alcohol motifs (C(OH)–C–C–N with tert-alkyl or cyclic N) is 1. The second-order valence-electron chi connectivity index (χ2n) is 3.94.